The fraction of sp³-hybridized carbons (Fsp3) is 0.923. The molecule has 0 unspecified atom stereocenters. The molecule has 210 valence electrons. The molecular formula is C26H52N6O4. The van der Waals surface area contributed by atoms with E-state index >= 15 is 0 Å². The van der Waals surface area contributed by atoms with Crippen LogP contribution in [-0.2, 0) is 19.1 Å². The molecule has 10 nitrogen and oxygen atoms in total. The van der Waals surface area contributed by atoms with E-state index in [4.69, 9.17) is 9.47 Å². The van der Waals surface area contributed by atoms with Gasteiger partial charge < -0.3 is 29.5 Å². The number of carbonyl (C=O) groups excluding carboxylic acids is 2. The maximum Gasteiger partial charge on any atom is 0.236 e. The summed E-state index contributed by atoms with van der Waals surface area (Å²) >= 11 is 0. The Balaban J connectivity index is 1.36. The lowest BCUT2D eigenvalue weighted by Gasteiger charge is -2.34. The van der Waals surface area contributed by atoms with Crippen molar-refractivity contribution >= 4 is 11.8 Å². The number of hydrogen-bond acceptors (Lipinski definition) is 8. The van der Waals surface area contributed by atoms with Crippen LogP contribution in [0.2, 0.25) is 0 Å². The van der Waals surface area contributed by atoms with Gasteiger partial charge >= 0.3 is 0 Å². The van der Waals surface area contributed by atoms with Gasteiger partial charge in [0.15, 0.2) is 0 Å². The number of ether oxygens (including phenoxy) is 2. The van der Waals surface area contributed by atoms with Gasteiger partial charge in [-0.25, -0.2) is 0 Å². The Labute approximate surface area is 219 Å². The van der Waals surface area contributed by atoms with E-state index in [1.165, 1.54) is 12.8 Å². The van der Waals surface area contributed by atoms with E-state index in [1.54, 1.807) is 12.0 Å². The van der Waals surface area contributed by atoms with E-state index in [0.29, 0.717) is 26.2 Å². The lowest BCUT2D eigenvalue weighted by atomic mass is 10.2. The molecule has 10 heteroatoms. The highest BCUT2D eigenvalue weighted by molar-refractivity contribution is 5.78. The van der Waals surface area contributed by atoms with Crippen molar-refractivity contribution < 1.29 is 19.1 Å². The molecule has 2 amide bonds. The number of unbranched alkanes of at least 4 members (excludes halogenated alkanes) is 3. The molecule has 0 aromatic rings. The highest BCUT2D eigenvalue weighted by atomic mass is 16.5. The van der Waals surface area contributed by atoms with Gasteiger partial charge in [0.05, 0.1) is 19.7 Å². The Morgan fingerprint density at radius 2 is 1.22 bits per heavy atom. The maximum absolute atomic E-state index is 12.2. The molecule has 0 atom stereocenters. The average molecular weight is 513 g/mol. The first-order valence-corrected chi connectivity index (χ1v) is 13.9. The van der Waals surface area contributed by atoms with Crippen LogP contribution < -0.4 is 5.32 Å². The second kappa shape index (κ2) is 18.9. The molecule has 36 heavy (non-hydrogen) atoms. The highest BCUT2D eigenvalue weighted by Gasteiger charge is 2.20. The molecule has 1 N–H and O–H groups in total. The lowest BCUT2D eigenvalue weighted by molar-refractivity contribution is -0.130. The first-order valence-electron chi connectivity index (χ1n) is 13.9. The van der Waals surface area contributed by atoms with Gasteiger partial charge in [0.1, 0.15) is 0 Å². The number of methoxy groups -OCH3 is 1. The van der Waals surface area contributed by atoms with Crippen LogP contribution in [0, 0.1) is 0 Å². The zero-order valence-electron chi connectivity index (χ0n) is 23.2. The Bertz CT molecular complexity index is 593. The first-order chi connectivity index (χ1) is 17.5. The largest absolute Gasteiger partial charge is 0.385 e. The molecule has 2 heterocycles. The number of likely N-dealkylation sites (N-methyl/N-ethyl adjacent to an activating group) is 1. The van der Waals surface area contributed by atoms with Crippen LogP contribution in [0.1, 0.15) is 32.1 Å². The van der Waals surface area contributed by atoms with Gasteiger partial charge in [-0.05, 0) is 45.2 Å². The normalized spacial score (nSPS) is 18.4. The Kier molecular flexibility index (Phi) is 16.2. The molecule has 0 aromatic heterocycles. The number of nitrogens with zero attached hydrogens (tertiary/aromatic N) is 5. The summed E-state index contributed by atoms with van der Waals surface area (Å²) in [6.45, 7) is 14.0. The molecule has 2 aliphatic heterocycles. The van der Waals surface area contributed by atoms with Gasteiger partial charge in [-0.3, -0.25) is 19.4 Å². The standard InChI is InChI=1S/C26H52N6O4/c1-28(2)26(34)24-32-18-14-29(15-19-32)10-5-4-7-21-36-22-9-27-25(33)23-31-16-12-30(13-17-31)11-6-8-20-35-3/h4-24H2,1-3H3,(H,27,33). The van der Waals surface area contributed by atoms with Crippen molar-refractivity contribution in [2.45, 2.75) is 32.1 Å². The van der Waals surface area contributed by atoms with Gasteiger partial charge in [0, 0.05) is 93.3 Å². The molecule has 2 saturated heterocycles. The van der Waals surface area contributed by atoms with Crippen LogP contribution in [-0.4, -0.2) is 162 Å². The number of carbonyl (C=O) groups is 2. The molecule has 0 aromatic carbocycles. The molecule has 0 radical (unpaired) electrons. The minimum absolute atomic E-state index is 0.0957. The third kappa shape index (κ3) is 13.9. The highest BCUT2D eigenvalue weighted by Crippen LogP contribution is 2.06. The fourth-order valence-electron chi connectivity index (χ4n) is 4.60. The summed E-state index contributed by atoms with van der Waals surface area (Å²) in [5, 5.41) is 2.99. The molecule has 0 aliphatic carbocycles. The molecular weight excluding hydrogens is 460 g/mol. The van der Waals surface area contributed by atoms with Gasteiger partial charge in [-0.1, -0.05) is 0 Å². The van der Waals surface area contributed by atoms with Gasteiger partial charge in [0.2, 0.25) is 11.8 Å². The van der Waals surface area contributed by atoms with E-state index in [-0.39, 0.29) is 11.8 Å². The van der Waals surface area contributed by atoms with E-state index in [0.717, 1.165) is 97.9 Å². The van der Waals surface area contributed by atoms with Crippen molar-refractivity contribution in [3.8, 4) is 0 Å². The molecule has 2 fully saturated rings. The van der Waals surface area contributed by atoms with E-state index in [9.17, 15) is 9.59 Å². The third-order valence-electron chi connectivity index (χ3n) is 7.06. The summed E-state index contributed by atoms with van der Waals surface area (Å²) in [7, 11) is 5.38. The van der Waals surface area contributed by atoms with Crippen LogP contribution in [0.25, 0.3) is 0 Å². The summed E-state index contributed by atoms with van der Waals surface area (Å²) in [6.07, 6.45) is 5.68. The molecule has 2 aliphatic rings. The zero-order chi connectivity index (χ0) is 26.0. The maximum atomic E-state index is 12.2. The van der Waals surface area contributed by atoms with Crippen molar-refractivity contribution in [1.82, 2.24) is 29.8 Å². The number of rotatable bonds is 18. The molecule has 2 rings (SSSR count). The minimum Gasteiger partial charge on any atom is -0.385 e. The molecule has 0 saturated carbocycles. The van der Waals surface area contributed by atoms with Crippen LogP contribution in [0.15, 0.2) is 0 Å². The number of amides is 2. The SMILES string of the molecule is COCCCCN1CCN(CC(=O)NCCOCCCCCN2CCN(CC(=O)N(C)C)CC2)CC1. The zero-order valence-corrected chi connectivity index (χ0v) is 23.2. The second-order valence-electron chi connectivity index (χ2n) is 10.2. The molecule has 0 spiro atoms. The first kappa shape index (κ1) is 30.9. The summed E-state index contributed by atoms with van der Waals surface area (Å²) in [6, 6.07) is 0. The average Bonchev–Trinajstić information content (AvgIpc) is 2.87. The van der Waals surface area contributed by atoms with Crippen LogP contribution in [0.3, 0.4) is 0 Å². The van der Waals surface area contributed by atoms with E-state index < -0.39 is 0 Å². The lowest BCUT2D eigenvalue weighted by Crippen LogP contribution is -2.49. The third-order valence-corrected chi connectivity index (χ3v) is 7.06. The topological polar surface area (TPSA) is 80.8 Å². The molecule has 0 bridgehead atoms. The summed E-state index contributed by atoms with van der Waals surface area (Å²) in [5.74, 6) is 0.278. The smallest absolute Gasteiger partial charge is 0.236 e. The van der Waals surface area contributed by atoms with Crippen LogP contribution in [0.5, 0.6) is 0 Å². The van der Waals surface area contributed by atoms with Crippen molar-refractivity contribution in [2.75, 3.05) is 126 Å². The monoisotopic (exact) mass is 512 g/mol. The van der Waals surface area contributed by atoms with Crippen LogP contribution in [0.4, 0.5) is 0 Å². The fourth-order valence-corrected chi connectivity index (χ4v) is 4.60. The number of hydrogen-bond donors (Lipinski definition) is 1. The Morgan fingerprint density at radius 3 is 1.81 bits per heavy atom. The second-order valence-corrected chi connectivity index (χ2v) is 10.2. The van der Waals surface area contributed by atoms with Gasteiger partial charge in [-0.2, -0.15) is 0 Å². The Hall–Kier alpha value is -1.30. The van der Waals surface area contributed by atoms with Crippen molar-refractivity contribution in [2.24, 2.45) is 0 Å². The predicted molar refractivity (Wildman–Crippen MR) is 143 cm³/mol. The van der Waals surface area contributed by atoms with Crippen molar-refractivity contribution in [1.29, 1.82) is 0 Å². The summed E-state index contributed by atoms with van der Waals surface area (Å²) in [5.41, 5.74) is 0. The van der Waals surface area contributed by atoms with E-state index in [1.807, 2.05) is 14.1 Å². The number of piperazine rings is 2. The van der Waals surface area contributed by atoms with Crippen molar-refractivity contribution in [3.05, 3.63) is 0 Å². The Morgan fingerprint density at radius 1 is 0.694 bits per heavy atom. The number of nitrogens with one attached hydrogen (secondary N) is 1. The predicted octanol–water partition coefficient (Wildman–Crippen LogP) is 0.0395. The van der Waals surface area contributed by atoms with Crippen molar-refractivity contribution in [3.63, 3.8) is 0 Å². The minimum atomic E-state index is 0.0957. The van der Waals surface area contributed by atoms with Gasteiger partial charge in [-0.15, -0.1) is 0 Å². The van der Waals surface area contributed by atoms with E-state index in [2.05, 4.69) is 24.9 Å². The quantitative estimate of drug-likeness (QED) is 0.258. The summed E-state index contributed by atoms with van der Waals surface area (Å²) in [4.78, 5) is 35.2. The summed E-state index contributed by atoms with van der Waals surface area (Å²) < 4.78 is 10.8. The van der Waals surface area contributed by atoms with Gasteiger partial charge in [0.25, 0.3) is 0 Å². The van der Waals surface area contributed by atoms with Crippen LogP contribution >= 0.6 is 0 Å².